The Morgan fingerprint density at radius 3 is 2.74 bits per heavy atom. The number of benzene rings is 1. The van der Waals surface area contributed by atoms with E-state index in [0.717, 1.165) is 25.4 Å². The molecule has 0 saturated heterocycles. The van der Waals surface area contributed by atoms with Gasteiger partial charge in [-0.25, -0.2) is 0 Å². The number of hydrogen-bond acceptors (Lipinski definition) is 3. The van der Waals surface area contributed by atoms with Crippen LogP contribution in [0.2, 0.25) is 0 Å². The summed E-state index contributed by atoms with van der Waals surface area (Å²) >= 11 is 1.86. The van der Waals surface area contributed by atoms with Crippen molar-refractivity contribution >= 4 is 11.8 Å². The molecular weight excluding hydrogens is 254 g/mol. The van der Waals surface area contributed by atoms with Gasteiger partial charge in [0.1, 0.15) is 0 Å². The van der Waals surface area contributed by atoms with Gasteiger partial charge < -0.3 is 10.1 Å². The minimum absolute atomic E-state index is 0.0352. The molecule has 0 fully saturated rings. The van der Waals surface area contributed by atoms with Gasteiger partial charge in [0.05, 0.1) is 12.2 Å². The van der Waals surface area contributed by atoms with Crippen LogP contribution in [0.4, 0.5) is 0 Å². The van der Waals surface area contributed by atoms with E-state index in [1.807, 2.05) is 11.8 Å². The Hall–Kier alpha value is -0.510. The summed E-state index contributed by atoms with van der Waals surface area (Å²) in [5.74, 6) is 1.00. The number of thioether (sulfide) groups is 1. The van der Waals surface area contributed by atoms with Gasteiger partial charge in [-0.1, -0.05) is 19.1 Å². The summed E-state index contributed by atoms with van der Waals surface area (Å²) in [4.78, 5) is 1.33. The van der Waals surface area contributed by atoms with Gasteiger partial charge >= 0.3 is 0 Å². The standard InChI is InChI=1S/C16H27NOS/c1-5-9-17-13-14-7-6-8-15(12-14)19-11-10-18-16(2,3)4/h6-8,12,17H,5,9-11,13H2,1-4H3. The van der Waals surface area contributed by atoms with Gasteiger partial charge in [-0.3, -0.25) is 0 Å². The van der Waals surface area contributed by atoms with E-state index in [-0.39, 0.29) is 5.60 Å². The van der Waals surface area contributed by atoms with Gasteiger partial charge in [-0.2, -0.15) is 0 Å². The van der Waals surface area contributed by atoms with Crippen LogP contribution in [0.25, 0.3) is 0 Å². The van der Waals surface area contributed by atoms with Crippen molar-refractivity contribution in [3.8, 4) is 0 Å². The molecule has 0 aromatic heterocycles. The quantitative estimate of drug-likeness (QED) is 0.573. The van der Waals surface area contributed by atoms with Gasteiger partial charge in [0.2, 0.25) is 0 Å². The van der Waals surface area contributed by atoms with E-state index in [4.69, 9.17) is 4.74 Å². The molecular formula is C16H27NOS. The van der Waals surface area contributed by atoms with Crippen LogP contribution in [0, 0.1) is 0 Å². The van der Waals surface area contributed by atoms with Crippen molar-refractivity contribution in [3.05, 3.63) is 29.8 Å². The van der Waals surface area contributed by atoms with E-state index >= 15 is 0 Å². The van der Waals surface area contributed by atoms with Crippen LogP contribution >= 0.6 is 11.8 Å². The minimum atomic E-state index is -0.0352. The highest BCUT2D eigenvalue weighted by Crippen LogP contribution is 2.19. The summed E-state index contributed by atoms with van der Waals surface area (Å²) in [6.45, 7) is 11.3. The Morgan fingerprint density at radius 1 is 1.26 bits per heavy atom. The summed E-state index contributed by atoms with van der Waals surface area (Å²) in [7, 11) is 0. The normalized spacial score (nSPS) is 11.8. The molecule has 0 atom stereocenters. The van der Waals surface area contributed by atoms with Crippen LogP contribution in [0.15, 0.2) is 29.2 Å². The monoisotopic (exact) mass is 281 g/mol. The maximum Gasteiger partial charge on any atom is 0.0598 e. The molecule has 2 nitrogen and oxygen atoms in total. The molecule has 0 aliphatic carbocycles. The Kier molecular flexibility index (Phi) is 7.51. The molecule has 1 aromatic carbocycles. The zero-order valence-electron chi connectivity index (χ0n) is 12.7. The fraction of sp³-hybridized carbons (Fsp3) is 0.625. The topological polar surface area (TPSA) is 21.3 Å². The SMILES string of the molecule is CCCNCc1cccc(SCCOC(C)(C)C)c1. The van der Waals surface area contributed by atoms with Gasteiger partial charge in [0.15, 0.2) is 0 Å². The lowest BCUT2D eigenvalue weighted by Gasteiger charge is -2.19. The highest BCUT2D eigenvalue weighted by molar-refractivity contribution is 7.99. The third-order valence-corrected chi connectivity index (χ3v) is 3.50. The van der Waals surface area contributed by atoms with Crippen molar-refractivity contribution < 1.29 is 4.74 Å². The smallest absolute Gasteiger partial charge is 0.0598 e. The molecule has 108 valence electrons. The van der Waals surface area contributed by atoms with Crippen molar-refractivity contribution in [3.63, 3.8) is 0 Å². The van der Waals surface area contributed by atoms with Crippen molar-refractivity contribution in [2.75, 3.05) is 18.9 Å². The third kappa shape index (κ3) is 8.30. The zero-order valence-corrected chi connectivity index (χ0v) is 13.5. The van der Waals surface area contributed by atoms with Crippen LogP contribution in [-0.4, -0.2) is 24.5 Å². The summed E-state index contributed by atoms with van der Waals surface area (Å²) in [5.41, 5.74) is 1.32. The molecule has 0 amide bonds. The van der Waals surface area contributed by atoms with Gasteiger partial charge in [-0.15, -0.1) is 11.8 Å². The second-order valence-electron chi connectivity index (χ2n) is 5.63. The Labute approximate surface area is 122 Å². The summed E-state index contributed by atoms with van der Waals surface area (Å²) in [6.07, 6.45) is 1.18. The lowest BCUT2D eigenvalue weighted by Crippen LogP contribution is -2.20. The Morgan fingerprint density at radius 2 is 2.05 bits per heavy atom. The Balaban J connectivity index is 2.31. The van der Waals surface area contributed by atoms with Crippen LogP contribution < -0.4 is 5.32 Å². The molecule has 0 bridgehead atoms. The molecule has 0 aliphatic heterocycles. The molecule has 3 heteroatoms. The zero-order chi connectivity index (χ0) is 14.1. The predicted molar refractivity (Wildman–Crippen MR) is 84.9 cm³/mol. The van der Waals surface area contributed by atoms with E-state index in [2.05, 4.69) is 57.3 Å². The molecule has 1 rings (SSSR count). The van der Waals surface area contributed by atoms with Crippen molar-refractivity contribution in [1.29, 1.82) is 0 Å². The largest absolute Gasteiger partial charge is 0.375 e. The number of nitrogens with one attached hydrogen (secondary N) is 1. The van der Waals surface area contributed by atoms with Crippen LogP contribution in [0.1, 0.15) is 39.7 Å². The van der Waals surface area contributed by atoms with Gasteiger partial charge in [0.25, 0.3) is 0 Å². The molecule has 0 unspecified atom stereocenters. The molecule has 0 radical (unpaired) electrons. The first kappa shape index (κ1) is 16.5. The highest BCUT2D eigenvalue weighted by Gasteiger charge is 2.09. The molecule has 1 aromatic rings. The summed E-state index contributed by atoms with van der Waals surface area (Å²) in [6, 6.07) is 8.75. The summed E-state index contributed by atoms with van der Waals surface area (Å²) < 4.78 is 5.73. The first-order chi connectivity index (χ1) is 9.01. The fourth-order valence-electron chi connectivity index (χ4n) is 1.66. The van der Waals surface area contributed by atoms with Crippen LogP contribution in [-0.2, 0) is 11.3 Å². The number of hydrogen-bond donors (Lipinski definition) is 1. The molecule has 1 N–H and O–H groups in total. The lowest BCUT2D eigenvalue weighted by atomic mass is 10.2. The second kappa shape index (κ2) is 8.62. The predicted octanol–water partition coefficient (Wildman–Crippen LogP) is 4.09. The van der Waals surface area contributed by atoms with Gasteiger partial charge in [-0.05, 0) is 51.4 Å². The van der Waals surface area contributed by atoms with E-state index in [9.17, 15) is 0 Å². The second-order valence-corrected chi connectivity index (χ2v) is 6.80. The number of ether oxygens (including phenoxy) is 1. The first-order valence-electron chi connectivity index (χ1n) is 7.07. The van der Waals surface area contributed by atoms with E-state index in [0.29, 0.717) is 0 Å². The average Bonchev–Trinajstić information content (AvgIpc) is 2.35. The van der Waals surface area contributed by atoms with Crippen molar-refractivity contribution in [1.82, 2.24) is 5.32 Å². The molecule has 0 spiro atoms. The van der Waals surface area contributed by atoms with E-state index in [1.165, 1.54) is 16.9 Å². The maximum absolute atomic E-state index is 5.73. The van der Waals surface area contributed by atoms with E-state index in [1.54, 1.807) is 0 Å². The fourth-order valence-corrected chi connectivity index (χ4v) is 2.47. The summed E-state index contributed by atoms with van der Waals surface area (Å²) in [5, 5.41) is 3.43. The van der Waals surface area contributed by atoms with Crippen LogP contribution in [0.3, 0.4) is 0 Å². The molecule has 0 aliphatic rings. The number of rotatable bonds is 8. The molecule has 19 heavy (non-hydrogen) atoms. The third-order valence-electron chi connectivity index (χ3n) is 2.54. The van der Waals surface area contributed by atoms with Crippen LogP contribution in [0.5, 0.6) is 0 Å². The van der Waals surface area contributed by atoms with Gasteiger partial charge in [0, 0.05) is 17.2 Å². The lowest BCUT2D eigenvalue weighted by molar-refractivity contribution is 0.00695. The maximum atomic E-state index is 5.73. The highest BCUT2D eigenvalue weighted by atomic mass is 32.2. The van der Waals surface area contributed by atoms with Crippen molar-refractivity contribution in [2.45, 2.75) is 51.2 Å². The average molecular weight is 281 g/mol. The minimum Gasteiger partial charge on any atom is -0.375 e. The molecule has 0 heterocycles. The Bertz CT molecular complexity index is 360. The first-order valence-corrected chi connectivity index (χ1v) is 8.06. The van der Waals surface area contributed by atoms with Crippen molar-refractivity contribution in [2.24, 2.45) is 0 Å². The molecule has 0 saturated carbocycles. The van der Waals surface area contributed by atoms with E-state index < -0.39 is 0 Å².